The highest BCUT2D eigenvalue weighted by Gasteiger charge is 2.56. The summed E-state index contributed by atoms with van der Waals surface area (Å²) in [5, 5.41) is -0.0139. The van der Waals surface area contributed by atoms with Gasteiger partial charge in [0.1, 0.15) is 12.3 Å². The van der Waals surface area contributed by atoms with Gasteiger partial charge in [0.2, 0.25) is 5.95 Å². The summed E-state index contributed by atoms with van der Waals surface area (Å²) in [5.41, 5.74) is -2.24. The van der Waals surface area contributed by atoms with Crippen LogP contribution in [0.5, 0.6) is 0 Å². The van der Waals surface area contributed by atoms with Crippen molar-refractivity contribution in [3.63, 3.8) is 0 Å². The highest BCUT2D eigenvalue weighted by atomic mass is 79.9. The number of alkyl halides is 2. The summed E-state index contributed by atoms with van der Waals surface area (Å²) < 4.78 is 54.3. The van der Waals surface area contributed by atoms with E-state index in [4.69, 9.17) is 14.5 Å². The summed E-state index contributed by atoms with van der Waals surface area (Å²) in [6.45, 7) is 16.5. The summed E-state index contributed by atoms with van der Waals surface area (Å²) in [5.74, 6) is -1.63. The molecule has 0 radical (unpaired) electrons. The predicted octanol–water partition coefficient (Wildman–Crippen LogP) is 7.51. The Morgan fingerprint density at radius 2 is 1.92 bits per heavy atom. The molecule has 0 fully saturated rings. The molecule has 1 aliphatic heterocycles. The van der Waals surface area contributed by atoms with Crippen molar-refractivity contribution in [1.82, 2.24) is 9.88 Å². The average molecular weight is 613 g/mol. The molecule has 0 aliphatic carbocycles. The van der Waals surface area contributed by atoms with Crippen molar-refractivity contribution < 1.29 is 27.4 Å². The van der Waals surface area contributed by atoms with Crippen LogP contribution in [0.3, 0.4) is 0 Å². The zero-order valence-corrected chi connectivity index (χ0v) is 25.8. The molecule has 0 N–H and O–H groups in total. The average Bonchev–Trinajstić information content (AvgIpc) is 2.71. The zero-order chi connectivity index (χ0) is 27.7. The number of amidine groups is 1. The maximum atomic E-state index is 15.0. The van der Waals surface area contributed by atoms with Gasteiger partial charge in [-0.1, -0.05) is 38.3 Å². The third kappa shape index (κ3) is 7.47. The quantitative estimate of drug-likeness (QED) is 0.138. The molecule has 204 valence electrons. The zero-order valence-electron chi connectivity index (χ0n) is 22.4. The molecule has 2 rings (SSSR count). The summed E-state index contributed by atoms with van der Waals surface area (Å²) in [6, 6.07) is 2.34. The Labute approximate surface area is 225 Å². The van der Waals surface area contributed by atoms with Crippen molar-refractivity contribution in [3.05, 3.63) is 28.2 Å². The molecule has 36 heavy (non-hydrogen) atoms. The van der Waals surface area contributed by atoms with E-state index in [1.54, 1.807) is 34.6 Å². The maximum absolute atomic E-state index is 15.0. The molecule has 0 saturated heterocycles. The van der Waals surface area contributed by atoms with E-state index in [2.05, 4.69) is 40.6 Å². The summed E-state index contributed by atoms with van der Waals surface area (Å²) in [7, 11) is -1.41. The minimum Gasteiger partial charge on any atom is -0.443 e. The molecule has 12 heteroatoms. The lowest BCUT2D eigenvalue weighted by atomic mass is 9.74. The first-order valence-corrected chi connectivity index (χ1v) is 17.1. The number of halogens is 4. The van der Waals surface area contributed by atoms with Gasteiger partial charge in [-0.2, -0.15) is 4.39 Å². The number of nitrogens with zero attached hydrogens (tertiary/aromatic N) is 3. The largest absolute Gasteiger partial charge is 0.443 e. The Balaban J connectivity index is 2.61. The molecule has 1 aromatic rings. The van der Waals surface area contributed by atoms with Crippen LogP contribution in [0.2, 0.25) is 25.7 Å². The van der Waals surface area contributed by atoms with Crippen LogP contribution in [-0.4, -0.2) is 59.3 Å². The van der Waals surface area contributed by atoms with Crippen LogP contribution >= 0.6 is 27.7 Å². The molecule has 1 amide bonds. The second kappa shape index (κ2) is 11.3. The van der Waals surface area contributed by atoms with Crippen molar-refractivity contribution in [1.29, 1.82) is 0 Å². The Kier molecular flexibility index (Phi) is 9.79. The van der Waals surface area contributed by atoms with Gasteiger partial charge in [-0.05, 0) is 62.7 Å². The number of pyridine rings is 1. The number of ether oxygens (including phenoxy) is 2. The molecule has 0 aromatic carbocycles. The number of thioether (sulfide) groups is 1. The van der Waals surface area contributed by atoms with Crippen LogP contribution < -0.4 is 0 Å². The minimum absolute atomic E-state index is 0.0139. The summed E-state index contributed by atoms with van der Waals surface area (Å²) in [6.07, 6.45) is -2.28. The van der Waals surface area contributed by atoms with Gasteiger partial charge in [-0.3, -0.25) is 4.99 Å². The molecule has 0 unspecified atom stereocenters. The molecule has 6 nitrogen and oxygen atoms in total. The number of aliphatic imine (C=N–C) groups is 1. The van der Waals surface area contributed by atoms with Gasteiger partial charge in [0.05, 0.1) is 10.3 Å². The van der Waals surface area contributed by atoms with Gasteiger partial charge in [0, 0.05) is 36.8 Å². The first-order valence-electron chi connectivity index (χ1n) is 11.8. The van der Waals surface area contributed by atoms with Crippen molar-refractivity contribution in [3.8, 4) is 0 Å². The van der Waals surface area contributed by atoms with E-state index in [0.29, 0.717) is 11.1 Å². The van der Waals surface area contributed by atoms with E-state index in [-0.39, 0.29) is 17.5 Å². The standard InChI is InChI=1S/C24H37BrF3N3O3SSi/c1-15-23(5,17-12-16(25)13-29-18(17)26)30-20(35-24(15,6)19(27)28)31(21(32)34-22(2,3)4)14-33-10-11-36(7,8)9/h12-13,15,19H,10-11,14H2,1-9H3/t15-,23-,24-/m0/s1. The number of carbonyl (C=O) groups is 1. The van der Waals surface area contributed by atoms with Crippen molar-refractivity contribution in [2.24, 2.45) is 10.9 Å². The number of hydrogen-bond acceptors (Lipinski definition) is 6. The number of amides is 1. The van der Waals surface area contributed by atoms with E-state index in [0.717, 1.165) is 22.7 Å². The Bertz CT molecular complexity index is 990. The first-order chi connectivity index (χ1) is 16.3. The third-order valence-corrected chi connectivity index (χ3v) is 9.79. The first kappa shape index (κ1) is 31.1. The van der Waals surface area contributed by atoms with Crippen LogP contribution in [0.25, 0.3) is 0 Å². The molecule has 0 spiro atoms. The van der Waals surface area contributed by atoms with Gasteiger partial charge in [-0.15, -0.1) is 0 Å². The fraction of sp³-hybridized carbons (Fsp3) is 0.708. The fourth-order valence-electron chi connectivity index (χ4n) is 3.62. The van der Waals surface area contributed by atoms with E-state index in [1.807, 2.05) is 0 Å². The van der Waals surface area contributed by atoms with Crippen LogP contribution in [0.4, 0.5) is 18.0 Å². The second-order valence-electron chi connectivity index (χ2n) is 11.6. The van der Waals surface area contributed by atoms with Crippen LogP contribution in [0, 0.1) is 11.9 Å². The fourth-order valence-corrected chi connectivity index (χ4v) is 6.07. The normalized spacial score (nSPS) is 25.1. The molecular formula is C24H37BrF3N3O3SSi. The molecule has 1 aliphatic rings. The number of carbonyl (C=O) groups excluding carboxylic acids is 1. The second-order valence-corrected chi connectivity index (χ2v) is 19.6. The molecule has 1 aromatic heterocycles. The SMILES string of the molecule is C[C@H]1[C@@](C)(c2cc(Br)cnc2F)N=C(N(COCC[Si](C)(C)C)C(=O)OC(C)(C)C)S[C@]1(C)C(F)F. The predicted molar refractivity (Wildman–Crippen MR) is 145 cm³/mol. The smallest absolute Gasteiger partial charge is 0.418 e. The van der Waals surface area contributed by atoms with Gasteiger partial charge in [-0.25, -0.2) is 23.5 Å². The topological polar surface area (TPSA) is 64.0 Å². The Morgan fingerprint density at radius 3 is 2.44 bits per heavy atom. The highest BCUT2D eigenvalue weighted by molar-refractivity contribution is 9.10. The Morgan fingerprint density at radius 1 is 1.31 bits per heavy atom. The van der Waals surface area contributed by atoms with E-state index >= 15 is 0 Å². The van der Waals surface area contributed by atoms with E-state index < -0.39 is 48.3 Å². The third-order valence-electron chi connectivity index (χ3n) is 6.19. The lowest BCUT2D eigenvalue weighted by Crippen LogP contribution is -2.54. The summed E-state index contributed by atoms with van der Waals surface area (Å²) in [4.78, 5) is 22.9. The Hall–Kier alpha value is -1.11. The molecule has 0 saturated carbocycles. The van der Waals surface area contributed by atoms with Gasteiger partial charge in [0.25, 0.3) is 6.43 Å². The number of hydrogen-bond donors (Lipinski definition) is 0. The van der Waals surface area contributed by atoms with Crippen LogP contribution in [0.1, 0.15) is 47.1 Å². The summed E-state index contributed by atoms with van der Waals surface area (Å²) >= 11 is 4.07. The molecular weight excluding hydrogens is 575 g/mol. The molecule has 2 heterocycles. The number of rotatable bonds is 7. The van der Waals surface area contributed by atoms with E-state index in [1.165, 1.54) is 19.2 Å². The van der Waals surface area contributed by atoms with Gasteiger partial charge >= 0.3 is 6.09 Å². The number of aromatic nitrogens is 1. The lowest BCUT2D eigenvalue weighted by Gasteiger charge is -2.48. The van der Waals surface area contributed by atoms with Gasteiger partial charge < -0.3 is 9.47 Å². The van der Waals surface area contributed by atoms with E-state index in [9.17, 15) is 18.0 Å². The van der Waals surface area contributed by atoms with Crippen molar-refractivity contribution >= 4 is 47.0 Å². The molecule has 3 atom stereocenters. The minimum atomic E-state index is -2.79. The van der Waals surface area contributed by atoms with Crippen molar-refractivity contribution in [2.75, 3.05) is 13.3 Å². The van der Waals surface area contributed by atoms with Crippen LogP contribution in [-0.2, 0) is 15.0 Å². The van der Waals surface area contributed by atoms with Crippen molar-refractivity contribution in [2.45, 2.75) is 89.5 Å². The lowest BCUT2D eigenvalue weighted by molar-refractivity contribution is 0.00992. The van der Waals surface area contributed by atoms with Crippen LogP contribution in [0.15, 0.2) is 21.7 Å². The maximum Gasteiger partial charge on any atom is 0.418 e. The molecule has 0 bridgehead atoms. The van der Waals surface area contributed by atoms with Gasteiger partial charge in [0.15, 0.2) is 5.17 Å². The highest BCUT2D eigenvalue weighted by Crippen LogP contribution is 2.53. The monoisotopic (exact) mass is 611 g/mol.